The number of anilines is 1. The molecule has 0 amide bonds. The molecule has 2 atom stereocenters. The van der Waals surface area contributed by atoms with Gasteiger partial charge in [-0.2, -0.15) is 0 Å². The Kier molecular flexibility index (Phi) is 5.52. The summed E-state index contributed by atoms with van der Waals surface area (Å²) >= 11 is 0. The number of nitrogens with zero attached hydrogens (tertiary/aromatic N) is 5. The van der Waals surface area contributed by atoms with Gasteiger partial charge in [-0.25, -0.2) is 13.8 Å². The fourth-order valence-electron chi connectivity index (χ4n) is 5.44. The average Bonchev–Trinajstić information content (AvgIpc) is 3.56. The van der Waals surface area contributed by atoms with Crippen LogP contribution < -0.4 is 4.90 Å². The third-order valence-electron chi connectivity index (χ3n) is 7.18. The summed E-state index contributed by atoms with van der Waals surface area (Å²) in [6.45, 7) is 5.94. The quantitative estimate of drug-likeness (QED) is 0.375. The van der Waals surface area contributed by atoms with E-state index in [9.17, 15) is 8.78 Å². The lowest BCUT2D eigenvalue weighted by atomic mass is 10.0. The van der Waals surface area contributed by atoms with Crippen LogP contribution in [0.1, 0.15) is 35.8 Å². The van der Waals surface area contributed by atoms with Gasteiger partial charge in [0.25, 0.3) is 0 Å². The smallest absolute Gasteiger partial charge is 0.161 e. The van der Waals surface area contributed by atoms with Gasteiger partial charge in [0.05, 0.1) is 23.0 Å². The Bertz CT molecular complexity index is 1460. The van der Waals surface area contributed by atoms with E-state index in [2.05, 4.69) is 39.9 Å². The topological polar surface area (TPSA) is 59.6 Å². The van der Waals surface area contributed by atoms with Gasteiger partial charge in [0, 0.05) is 29.9 Å². The highest BCUT2D eigenvalue weighted by atomic mass is 19.2. The lowest BCUT2D eigenvalue weighted by Gasteiger charge is -2.34. The van der Waals surface area contributed by atoms with Gasteiger partial charge in [0.1, 0.15) is 17.6 Å². The van der Waals surface area contributed by atoms with Crippen molar-refractivity contribution in [2.75, 3.05) is 31.8 Å². The van der Waals surface area contributed by atoms with E-state index in [4.69, 9.17) is 14.2 Å². The zero-order valence-corrected chi connectivity index (χ0v) is 20.4. The third kappa shape index (κ3) is 3.74. The number of halogens is 2. The van der Waals surface area contributed by atoms with E-state index in [1.54, 1.807) is 12.3 Å². The molecule has 0 aliphatic carbocycles. The lowest BCUT2D eigenvalue weighted by Crippen LogP contribution is -2.34. The van der Waals surface area contributed by atoms with Gasteiger partial charge in [-0.05, 0) is 69.8 Å². The minimum atomic E-state index is -0.893. The Morgan fingerprint density at radius 3 is 2.64 bits per heavy atom. The number of likely N-dealkylation sites (tertiary alicyclic amines) is 1. The van der Waals surface area contributed by atoms with E-state index in [1.807, 2.05) is 24.8 Å². The molecule has 2 aromatic heterocycles. The van der Waals surface area contributed by atoms with Crippen LogP contribution in [0.25, 0.3) is 22.2 Å². The van der Waals surface area contributed by atoms with E-state index in [0.29, 0.717) is 5.69 Å². The highest BCUT2D eigenvalue weighted by Crippen LogP contribution is 2.38. The predicted octanol–water partition coefficient (Wildman–Crippen LogP) is 5.51. The first kappa shape index (κ1) is 22.7. The number of imidazole rings is 1. The molecule has 0 N–H and O–H groups in total. The van der Waals surface area contributed by atoms with Crippen LogP contribution in [0.15, 0.2) is 53.3 Å². The van der Waals surface area contributed by atoms with Gasteiger partial charge in [-0.15, -0.1) is 0 Å². The van der Waals surface area contributed by atoms with E-state index >= 15 is 0 Å². The van der Waals surface area contributed by atoms with Crippen molar-refractivity contribution in [3.8, 4) is 11.1 Å². The highest BCUT2D eigenvalue weighted by Gasteiger charge is 2.32. The zero-order valence-electron chi connectivity index (χ0n) is 20.4. The van der Waals surface area contributed by atoms with Crippen LogP contribution in [0.2, 0.25) is 0 Å². The maximum absolute atomic E-state index is 14.1. The molecule has 2 aromatic carbocycles. The molecule has 0 saturated carbocycles. The van der Waals surface area contributed by atoms with Crippen molar-refractivity contribution in [1.82, 2.24) is 19.6 Å². The van der Waals surface area contributed by atoms with Crippen LogP contribution in [0.5, 0.6) is 0 Å². The molecule has 1 saturated heterocycles. The van der Waals surface area contributed by atoms with Crippen molar-refractivity contribution in [2.24, 2.45) is 0 Å². The molecule has 0 unspecified atom stereocenters. The Labute approximate surface area is 207 Å². The summed E-state index contributed by atoms with van der Waals surface area (Å²) in [4.78, 5) is 9.34. The molecule has 6 rings (SSSR count). The summed E-state index contributed by atoms with van der Waals surface area (Å²) in [7, 11) is 2.12. The van der Waals surface area contributed by atoms with Crippen molar-refractivity contribution >= 4 is 16.7 Å². The van der Waals surface area contributed by atoms with Crippen molar-refractivity contribution in [2.45, 2.75) is 32.4 Å². The summed E-state index contributed by atoms with van der Waals surface area (Å²) in [6, 6.07) is 10.1. The van der Waals surface area contributed by atoms with E-state index in [-0.39, 0.29) is 18.8 Å². The third-order valence-corrected chi connectivity index (χ3v) is 7.18. The summed E-state index contributed by atoms with van der Waals surface area (Å²) in [5, 5.41) is 4.10. The number of ether oxygens (including phenoxy) is 1. The molecule has 0 bridgehead atoms. The van der Waals surface area contributed by atoms with Gasteiger partial charge in [0.15, 0.2) is 18.4 Å². The fraction of sp³-hybridized carbons (Fsp3) is 0.333. The second-order valence-electron chi connectivity index (χ2n) is 9.58. The van der Waals surface area contributed by atoms with Gasteiger partial charge >= 0.3 is 0 Å². The zero-order chi connectivity index (χ0) is 25.0. The van der Waals surface area contributed by atoms with Crippen LogP contribution >= 0.6 is 0 Å². The van der Waals surface area contributed by atoms with Crippen molar-refractivity contribution in [3.63, 3.8) is 0 Å². The first-order valence-electron chi connectivity index (χ1n) is 12.0. The van der Waals surface area contributed by atoms with E-state index < -0.39 is 11.6 Å². The molecule has 2 aliphatic heterocycles. The lowest BCUT2D eigenvalue weighted by molar-refractivity contribution is 0.221. The SMILES string of the molecule is Cc1noc(C)c1-c1ccc2c(c1)nc([C@@H]1C=COCN1c1ccc(F)c(F)c1)n2[C@@H]1CCN(C)C1. The molecule has 2 aliphatic rings. The maximum atomic E-state index is 14.1. The molecule has 4 aromatic rings. The van der Waals surface area contributed by atoms with E-state index in [1.165, 1.54) is 6.07 Å². The normalized spacial score (nSPS) is 20.4. The number of fused-ring (bicyclic) bond motifs is 1. The largest absolute Gasteiger partial charge is 0.481 e. The van der Waals surface area contributed by atoms with Crippen LogP contribution in [0, 0.1) is 25.5 Å². The summed E-state index contributed by atoms with van der Waals surface area (Å²) in [5.74, 6) is -0.168. The molecule has 4 heterocycles. The first-order chi connectivity index (χ1) is 17.4. The molecule has 1 fully saturated rings. The molecule has 0 spiro atoms. The molecular formula is C27H27F2N5O2. The van der Waals surface area contributed by atoms with Gasteiger partial charge in [-0.1, -0.05) is 11.2 Å². The summed E-state index contributed by atoms with van der Waals surface area (Å²) < 4.78 is 41.1. The standard InChI is InChI=1S/C27H27F2N5O2/c1-16-26(17(2)36-31-16)18-4-7-24-23(12-18)30-27(34(24)20-8-10-32(3)14-20)25-9-11-35-15-33(25)19-5-6-21(28)22(29)13-19/h4-7,9,11-13,20,25H,8,10,14-15H2,1-3H3/t20-,25+/m1/s1. The monoisotopic (exact) mass is 491 g/mol. The molecule has 9 heteroatoms. The fourth-order valence-corrected chi connectivity index (χ4v) is 5.44. The van der Waals surface area contributed by atoms with Crippen LogP contribution in [0.3, 0.4) is 0 Å². The van der Waals surface area contributed by atoms with Gasteiger partial charge in [0.2, 0.25) is 0 Å². The summed E-state index contributed by atoms with van der Waals surface area (Å²) in [5.41, 5.74) is 5.23. The van der Waals surface area contributed by atoms with Crippen molar-refractivity contribution < 1.29 is 18.0 Å². The molecule has 36 heavy (non-hydrogen) atoms. The molecule has 7 nitrogen and oxygen atoms in total. The van der Waals surface area contributed by atoms with Crippen molar-refractivity contribution in [1.29, 1.82) is 0 Å². The second kappa shape index (κ2) is 8.74. The Morgan fingerprint density at radius 1 is 1.06 bits per heavy atom. The Morgan fingerprint density at radius 2 is 1.92 bits per heavy atom. The Hall–Kier alpha value is -3.72. The van der Waals surface area contributed by atoms with Crippen LogP contribution in [0.4, 0.5) is 14.5 Å². The molecular weight excluding hydrogens is 464 g/mol. The number of aromatic nitrogens is 3. The molecule has 186 valence electrons. The van der Waals surface area contributed by atoms with Gasteiger partial charge in [-0.3, -0.25) is 0 Å². The number of hydrogen-bond acceptors (Lipinski definition) is 6. The number of hydrogen-bond donors (Lipinski definition) is 0. The summed E-state index contributed by atoms with van der Waals surface area (Å²) in [6.07, 6.45) is 4.57. The number of benzene rings is 2. The second-order valence-corrected chi connectivity index (χ2v) is 9.58. The number of likely N-dealkylation sites (N-methyl/N-ethyl adjacent to an activating group) is 1. The highest BCUT2D eigenvalue weighted by molar-refractivity contribution is 5.84. The Balaban J connectivity index is 1.51. The van der Waals surface area contributed by atoms with Crippen LogP contribution in [-0.2, 0) is 4.74 Å². The van der Waals surface area contributed by atoms with E-state index in [0.717, 1.165) is 65.0 Å². The minimum absolute atomic E-state index is 0.199. The number of rotatable bonds is 4. The number of aryl methyl sites for hydroxylation is 2. The van der Waals surface area contributed by atoms with Gasteiger partial charge < -0.3 is 23.6 Å². The maximum Gasteiger partial charge on any atom is 0.161 e. The predicted molar refractivity (Wildman–Crippen MR) is 133 cm³/mol. The average molecular weight is 492 g/mol. The minimum Gasteiger partial charge on any atom is -0.481 e. The van der Waals surface area contributed by atoms with Crippen LogP contribution in [-0.4, -0.2) is 46.5 Å². The first-order valence-corrected chi connectivity index (χ1v) is 12.0. The van der Waals surface area contributed by atoms with Crippen molar-refractivity contribution in [3.05, 3.63) is 77.6 Å². The molecule has 0 radical (unpaired) electrons.